The summed E-state index contributed by atoms with van der Waals surface area (Å²) in [6.07, 6.45) is 9.65. The average Bonchev–Trinajstić information content (AvgIpc) is 2.27. The first kappa shape index (κ1) is 13.0. The highest BCUT2D eigenvalue weighted by molar-refractivity contribution is 5.08. The summed E-state index contributed by atoms with van der Waals surface area (Å²) >= 11 is 0. The molecule has 1 saturated heterocycles. The molecule has 0 N–H and O–H groups in total. The van der Waals surface area contributed by atoms with Crippen molar-refractivity contribution < 1.29 is 4.74 Å². The van der Waals surface area contributed by atoms with Gasteiger partial charge in [0.15, 0.2) is 0 Å². The molecule has 3 rings (SSSR count). The molecule has 2 saturated carbocycles. The summed E-state index contributed by atoms with van der Waals surface area (Å²) in [6.45, 7) is 11.0. The van der Waals surface area contributed by atoms with Gasteiger partial charge < -0.3 is 4.74 Å². The van der Waals surface area contributed by atoms with E-state index in [-0.39, 0.29) is 5.60 Å². The van der Waals surface area contributed by atoms with E-state index in [2.05, 4.69) is 27.7 Å². The van der Waals surface area contributed by atoms with Crippen molar-refractivity contribution in [3.8, 4) is 0 Å². The van der Waals surface area contributed by atoms with Crippen LogP contribution in [-0.4, -0.2) is 12.2 Å². The zero-order chi connectivity index (χ0) is 13.0. The van der Waals surface area contributed by atoms with Gasteiger partial charge in [-0.3, -0.25) is 0 Å². The van der Waals surface area contributed by atoms with Crippen LogP contribution in [0, 0.1) is 22.7 Å². The van der Waals surface area contributed by atoms with Crippen molar-refractivity contribution in [2.24, 2.45) is 22.7 Å². The van der Waals surface area contributed by atoms with Crippen molar-refractivity contribution in [3.05, 3.63) is 0 Å². The lowest BCUT2D eigenvalue weighted by Gasteiger charge is -2.63. The Morgan fingerprint density at radius 1 is 0.833 bits per heavy atom. The fraction of sp³-hybridized carbons (Fsp3) is 1.00. The van der Waals surface area contributed by atoms with Crippen LogP contribution in [0.25, 0.3) is 0 Å². The van der Waals surface area contributed by atoms with E-state index in [0.29, 0.717) is 10.8 Å². The van der Waals surface area contributed by atoms with Gasteiger partial charge in [-0.1, -0.05) is 27.2 Å². The predicted molar refractivity (Wildman–Crippen MR) is 75.5 cm³/mol. The molecule has 0 amide bonds. The molecule has 0 aromatic heterocycles. The van der Waals surface area contributed by atoms with Gasteiger partial charge in [-0.05, 0) is 68.1 Å². The quantitative estimate of drug-likeness (QED) is 0.600. The standard InChI is InChI=1S/C17H30O/c1-15(2)9-6-10-16(3)13(15)8-11-17(4)14(16)7-5-12-18-17/h13-14H,5-12H2,1-4H3/t13-,14+,16-,17-/m0/s1. The molecule has 1 heterocycles. The van der Waals surface area contributed by atoms with Crippen LogP contribution in [0.1, 0.15) is 72.6 Å². The third-order valence-electron chi connectivity index (χ3n) is 6.81. The van der Waals surface area contributed by atoms with Crippen LogP contribution in [-0.2, 0) is 4.74 Å². The Morgan fingerprint density at radius 2 is 1.61 bits per heavy atom. The Morgan fingerprint density at radius 3 is 2.39 bits per heavy atom. The molecule has 1 aliphatic heterocycles. The summed E-state index contributed by atoms with van der Waals surface area (Å²) in [5.41, 5.74) is 1.28. The highest BCUT2D eigenvalue weighted by Gasteiger charge is 2.59. The van der Waals surface area contributed by atoms with Crippen LogP contribution in [0.5, 0.6) is 0 Å². The second kappa shape index (κ2) is 3.98. The molecule has 0 aromatic carbocycles. The molecule has 2 aliphatic carbocycles. The van der Waals surface area contributed by atoms with Gasteiger partial charge in [-0.15, -0.1) is 0 Å². The lowest BCUT2D eigenvalue weighted by molar-refractivity contribution is -0.212. The summed E-state index contributed by atoms with van der Waals surface area (Å²) in [4.78, 5) is 0. The number of fused-ring (bicyclic) bond motifs is 3. The lowest BCUT2D eigenvalue weighted by atomic mass is 9.45. The smallest absolute Gasteiger partial charge is 0.0687 e. The third kappa shape index (κ3) is 1.69. The monoisotopic (exact) mass is 250 g/mol. The van der Waals surface area contributed by atoms with Crippen molar-refractivity contribution in [1.82, 2.24) is 0 Å². The molecule has 0 spiro atoms. The van der Waals surface area contributed by atoms with E-state index in [0.717, 1.165) is 18.4 Å². The SMILES string of the molecule is CC1(C)CCC[C@]2(C)[C@H]3CCCO[C@@]3(C)CC[C@@H]12. The maximum absolute atomic E-state index is 6.25. The van der Waals surface area contributed by atoms with Gasteiger partial charge in [0.05, 0.1) is 5.60 Å². The van der Waals surface area contributed by atoms with Crippen molar-refractivity contribution >= 4 is 0 Å². The Labute approximate surface area is 113 Å². The maximum Gasteiger partial charge on any atom is 0.0687 e. The minimum absolute atomic E-state index is 0.191. The molecule has 3 aliphatic rings. The molecule has 18 heavy (non-hydrogen) atoms. The molecule has 1 nitrogen and oxygen atoms in total. The van der Waals surface area contributed by atoms with E-state index in [1.54, 1.807) is 0 Å². The number of hydrogen-bond acceptors (Lipinski definition) is 1. The Kier molecular flexibility index (Phi) is 2.86. The van der Waals surface area contributed by atoms with E-state index in [4.69, 9.17) is 4.74 Å². The van der Waals surface area contributed by atoms with Crippen LogP contribution in [0.3, 0.4) is 0 Å². The largest absolute Gasteiger partial charge is 0.375 e. The normalized spacial score (nSPS) is 51.3. The third-order valence-corrected chi connectivity index (χ3v) is 6.81. The summed E-state index contributed by atoms with van der Waals surface area (Å²) in [5.74, 6) is 1.72. The van der Waals surface area contributed by atoms with Gasteiger partial charge in [-0.25, -0.2) is 0 Å². The number of rotatable bonds is 0. The summed E-state index contributed by atoms with van der Waals surface area (Å²) in [5, 5.41) is 0. The van der Waals surface area contributed by atoms with Crippen LogP contribution in [0.4, 0.5) is 0 Å². The summed E-state index contributed by atoms with van der Waals surface area (Å²) in [6, 6.07) is 0. The zero-order valence-corrected chi connectivity index (χ0v) is 12.7. The fourth-order valence-corrected chi connectivity index (χ4v) is 6.01. The maximum atomic E-state index is 6.25. The van der Waals surface area contributed by atoms with Gasteiger partial charge in [0.2, 0.25) is 0 Å². The predicted octanol–water partition coefficient (Wildman–Crippen LogP) is 4.80. The van der Waals surface area contributed by atoms with Gasteiger partial charge in [0, 0.05) is 6.61 Å². The van der Waals surface area contributed by atoms with Crippen molar-refractivity contribution in [1.29, 1.82) is 0 Å². The molecule has 0 unspecified atom stereocenters. The Bertz CT molecular complexity index is 335. The Hall–Kier alpha value is -0.0400. The molecular weight excluding hydrogens is 220 g/mol. The van der Waals surface area contributed by atoms with Crippen LogP contribution in [0.15, 0.2) is 0 Å². The van der Waals surface area contributed by atoms with Gasteiger partial charge >= 0.3 is 0 Å². The molecule has 4 atom stereocenters. The summed E-state index contributed by atoms with van der Waals surface area (Å²) in [7, 11) is 0. The van der Waals surface area contributed by atoms with Crippen LogP contribution < -0.4 is 0 Å². The minimum atomic E-state index is 0.191. The Balaban J connectivity index is 1.96. The first-order valence-corrected chi connectivity index (χ1v) is 8.02. The van der Waals surface area contributed by atoms with E-state index in [1.807, 2.05) is 0 Å². The first-order valence-electron chi connectivity index (χ1n) is 8.02. The first-order chi connectivity index (χ1) is 8.39. The highest BCUT2D eigenvalue weighted by atomic mass is 16.5. The van der Waals surface area contributed by atoms with Gasteiger partial charge in [0.1, 0.15) is 0 Å². The van der Waals surface area contributed by atoms with Crippen LogP contribution >= 0.6 is 0 Å². The molecule has 0 radical (unpaired) electrons. The van der Waals surface area contributed by atoms with Gasteiger partial charge in [0.25, 0.3) is 0 Å². The molecule has 0 aromatic rings. The van der Waals surface area contributed by atoms with E-state index >= 15 is 0 Å². The fourth-order valence-electron chi connectivity index (χ4n) is 6.01. The van der Waals surface area contributed by atoms with Crippen molar-refractivity contribution in [3.63, 3.8) is 0 Å². The van der Waals surface area contributed by atoms with Crippen LogP contribution in [0.2, 0.25) is 0 Å². The molecule has 3 fully saturated rings. The second-order valence-electron chi connectivity index (χ2n) is 8.30. The van der Waals surface area contributed by atoms with E-state index < -0.39 is 0 Å². The van der Waals surface area contributed by atoms with E-state index in [9.17, 15) is 0 Å². The number of hydrogen-bond donors (Lipinski definition) is 0. The molecule has 104 valence electrons. The van der Waals surface area contributed by atoms with Crippen molar-refractivity contribution in [2.75, 3.05) is 6.61 Å². The highest BCUT2D eigenvalue weighted by Crippen LogP contribution is 2.64. The lowest BCUT2D eigenvalue weighted by Crippen LogP contribution is -2.59. The molecular formula is C17H30O. The van der Waals surface area contributed by atoms with Gasteiger partial charge in [-0.2, -0.15) is 0 Å². The molecule has 0 bridgehead atoms. The number of ether oxygens (including phenoxy) is 1. The van der Waals surface area contributed by atoms with E-state index in [1.165, 1.54) is 44.9 Å². The zero-order valence-electron chi connectivity index (χ0n) is 12.7. The molecule has 1 heteroatoms. The second-order valence-corrected chi connectivity index (χ2v) is 8.30. The summed E-state index contributed by atoms with van der Waals surface area (Å²) < 4.78 is 6.25. The minimum Gasteiger partial charge on any atom is -0.375 e. The van der Waals surface area contributed by atoms with Crippen molar-refractivity contribution in [2.45, 2.75) is 78.2 Å². The topological polar surface area (TPSA) is 9.23 Å². The average molecular weight is 250 g/mol.